The molecule has 14 heavy (non-hydrogen) atoms. The number of rotatable bonds is 3. The smallest absolute Gasteiger partial charge is 0.141 e. The van der Waals surface area contributed by atoms with Crippen molar-refractivity contribution in [2.75, 3.05) is 7.05 Å². The second-order valence-electron chi connectivity index (χ2n) is 3.12. The zero-order chi connectivity index (χ0) is 11.0. The average Bonchev–Trinajstić information content (AvgIpc) is 2.22. The highest BCUT2D eigenvalue weighted by Gasteiger charge is 1.99. The Hall–Kier alpha value is -0.960. The van der Waals surface area contributed by atoms with E-state index in [9.17, 15) is 0 Å². The first-order chi connectivity index (χ1) is 6.74. The molecule has 0 spiro atoms. The van der Waals surface area contributed by atoms with Gasteiger partial charge in [0.25, 0.3) is 0 Å². The van der Waals surface area contributed by atoms with Crippen LogP contribution in [0.25, 0.3) is 0 Å². The molecule has 0 atom stereocenters. The van der Waals surface area contributed by atoms with Crippen LogP contribution in [-0.4, -0.2) is 17.0 Å². The van der Waals surface area contributed by atoms with Gasteiger partial charge in [0, 0.05) is 12.4 Å². The van der Waals surface area contributed by atoms with Gasteiger partial charge in [-0.1, -0.05) is 27.7 Å². The van der Waals surface area contributed by atoms with E-state index in [-0.39, 0.29) is 0 Å². The van der Waals surface area contributed by atoms with Crippen LogP contribution in [0.3, 0.4) is 0 Å². The van der Waals surface area contributed by atoms with Crippen LogP contribution in [0.15, 0.2) is 12.4 Å². The molecule has 0 fully saturated rings. The van der Waals surface area contributed by atoms with Gasteiger partial charge in [-0.05, 0) is 18.5 Å². The highest BCUT2D eigenvalue weighted by Crippen LogP contribution is 2.10. The predicted octanol–water partition coefficient (Wildman–Crippen LogP) is 2.35. The summed E-state index contributed by atoms with van der Waals surface area (Å²) in [7, 11) is 1.89. The highest BCUT2D eigenvalue weighted by atomic mass is 14.9. The highest BCUT2D eigenvalue weighted by molar-refractivity contribution is 5.09. The number of hydrogen-bond acceptors (Lipinski definition) is 3. The topological polar surface area (TPSA) is 37.8 Å². The van der Waals surface area contributed by atoms with Crippen LogP contribution < -0.4 is 5.32 Å². The third-order valence-electron chi connectivity index (χ3n) is 1.73. The Morgan fingerprint density at radius 3 is 2.07 bits per heavy atom. The molecule has 3 nitrogen and oxygen atoms in total. The summed E-state index contributed by atoms with van der Waals surface area (Å²) >= 11 is 0. The van der Waals surface area contributed by atoms with E-state index in [1.165, 1.54) is 5.56 Å². The van der Waals surface area contributed by atoms with E-state index in [1.807, 2.05) is 33.3 Å². The fourth-order valence-electron chi connectivity index (χ4n) is 0.912. The largest absolute Gasteiger partial charge is 0.313 e. The van der Waals surface area contributed by atoms with Crippen molar-refractivity contribution in [2.45, 2.75) is 40.2 Å². The first-order valence-corrected chi connectivity index (χ1v) is 5.19. The first-order valence-electron chi connectivity index (χ1n) is 5.19. The Labute approximate surface area is 87.0 Å². The molecule has 0 saturated carbocycles. The second-order valence-corrected chi connectivity index (χ2v) is 3.12. The normalized spacial score (nSPS) is 9.57. The standard InChI is InChI=1S/C9H15N3.C2H6/c1-7(2)8-4-11-9(6-10-3)12-5-8;1-2/h4-5,7,10H,6H2,1-3H3;1-2H3. The van der Waals surface area contributed by atoms with Crippen molar-refractivity contribution < 1.29 is 0 Å². The molecule has 0 amide bonds. The summed E-state index contributed by atoms with van der Waals surface area (Å²) in [6, 6.07) is 0. The van der Waals surface area contributed by atoms with Gasteiger partial charge in [0.1, 0.15) is 5.82 Å². The van der Waals surface area contributed by atoms with E-state index >= 15 is 0 Å². The van der Waals surface area contributed by atoms with Crippen molar-refractivity contribution in [3.05, 3.63) is 23.8 Å². The maximum Gasteiger partial charge on any atom is 0.141 e. The lowest BCUT2D eigenvalue weighted by Gasteiger charge is -2.04. The Morgan fingerprint density at radius 2 is 1.71 bits per heavy atom. The van der Waals surface area contributed by atoms with Crippen LogP contribution in [0.4, 0.5) is 0 Å². The average molecular weight is 195 g/mol. The maximum absolute atomic E-state index is 4.22. The molecule has 0 aliphatic carbocycles. The molecule has 0 saturated heterocycles. The number of nitrogens with one attached hydrogen (secondary N) is 1. The minimum Gasteiger partial charge on any atom is -0.313 e. The van der Waals surface area contributed by atoms with E-state index in [4.69, 9.17) is 0 Å². The summed E-state index contributed by atoms with van der Waals surface area (Å²) in [5.74, 6) is 1.36. The third-order valence-corrected chi connectivity index (χ3v) is 1.73. The number of hydrogen-bond donors (Lipinski definition) is 1. The molecule has 0 aliphatic rings. The molecule has 0 bridgehead atoms. The maximum atomic E-state index is 4.22. The molecule has 1 heterocycles. The van der Waals surface area contributed by atoms with Gasteiger partial charge >= 0.3 is 0 Å². The second kappa shape index (κ2) is 7.44. The molecule has 80 valence electrons. The van der Waals surface area contributed by atoms with Gasteiger partial charge in [-0.15, -0.1) is 0 Å². The fraction of sp³-hybridized carbons (Fsp3) is 0.636. The molecule has 0 aliphatic heterocycles. The summed E-state index contributed by atoms with van der Waals surface area (Å²) in [5.41, 5.74) is 1.19. The summed E-state index contributed by atoms with van der Waals surface area (Å²) in [6.45, 7) is 9.01. The fourth-order valence-corrected chi connectivity index (χ4v) is 0.912. The van der Waals surface area contributed by atoms with E-state index < -0.39 is 0 Å². The zero-order valence-corrected chi connectivity index (χ0v) is 9.83. The van der Waals surface area contributed by atoms with Crippen molar-refractivity contribution in [1.29, 1.82) is 0 Å². The van der Waals surface area contributed by atoms with Crippen LogP contribution in [0.5, 0.6) is 0 Å². The molecular weight excluding hydrogens is 174 g/mol. The van der Waals surface area contributed by atoms with E-state index in [1.54, 1.807) is 0 Å². The van der Waals surface area contributed by atoms with Crippen molar-refractivity contribution in [3.63, 3.8) is 0 Å². The number of aromatic nitrogens is 2. The van der Waals surface area contributed by atoms with Gasteiger partial charge in [-0.2, -0.15) is 0 Å². The van der Waals surface area contributed by atoms with Crippen LogP contribution in [0.1, 0.15) is 45.0 Å². The van der Waals surface area contributed by atoms with Crippen LogP contribution >= 0.6 is 0 Å². The van der Waals surface area contributed by atoms with Gasteiger partial charge in [-0.25, -0.2) is 9.97 Å². The molecule has 0 unspecified atom stereocenters. The van der Waals surface area contributed by atoms with Crippen molar-refractivity contribution in [1.82, 2.24) is 15.3 Å². The van der Waals surface area contributed by atoms with Gasteiger partial charge in [0.2, 0.25) is 0 Å². The molecule has 1 N–H and O–H groups in total. The lowest BCUT2D eigenvalue weighted by atomic mass is 10.1. The lowest BCUT2D eigenvalue weighted by Crippen LogP contribution is -2.09. The number of nitrogens with zero attached hydrogens (tertiary/aromatic N) is 2. The van der Waals surface area contributed by atoms with E-state index in [0.717, 1.165) is 12.4 Å². The van der Waals surface area contributed by atoms with Gasteiger partial charge < -0.3 is 5.32 Å². The molecule has 3 heteroatoms. The lowest BCUT2D eigenvalue weighted by molar-refractivity contribution is 0.745. The van der Waals surface area contributed by atoms with Crippen LogP contribution in [0.2, 0.25) is 0 Å². The molecular formula is C11H21N3. The van der Waals surface area contributed by atoms with E-state index in [0.29, 0.717) is 5.92 Å². The monoisotopic (exact) mass is 195 g/mol. The SMILES string of the molecule is CC.CNCc1ncc(C(C)C)cn1. The Kier molecular flexibility index (Phi) is 6.93. The molecule has 0 radical (unpaired) electrons. The minimum atomic E-state index is 0.508. The van der Waals surface area contributed by atoms with Crippen molar-refractivity contribution >= 4 is 0 Å². The van der Waals surface area contributed by atoms with E-state index in [2.05, 4.69) is 29.1 Å². The zero-order valence-electron chi connectivity index (χ0n) is 9.83. The third kappa shape index (κ3) is 4.33. The summed E-state index contributed by atoms with van der Waals surface area (Å²) in [5, 5.41) is 3.01. The van der Waals surface area contributed by atoms with Crippen LogP contribution in [0, 0.1) is 0 Å². The molecule has 1 rings (SSSR count). The van der Waals surface area contributed by atoms with Gasteiger partial charge in [0.05, 0.1) is 6.54 Å². The van der Waals surface area contributed by atoms with Crippen molar-refractivity contribution in [2.24, 2.45) is 0 Å². The van der Waals surface area contributed by atoms with Gasteiger partial charge in [-0.3, -0.25) is 0 Å². The Balaban J connectivity index is 0.000000791. The Morgan fingerprint density at radius 1 is 1.21 bits per heavy atom. The quantitative estimate of drug-likeness (QED) is 0.804. The van der Waals surface area contributed by atoms with Gasteiger partial charge in [0.15, 0.2) is 0 Å². The van der Waals surface area contributed by atoms with Crippen molar-refractivity contribution in [3.8, 4) is 0 Å². The molecule has 0 aromatic carbocycles. The molecule has 1 aromatic rings. The van der Waals surface area contributed by atoms with Crippen LogP contribution in [-0.2, 0) is 6.54 Å². The summed E-state index contributed by atoms with van der Waals surface area (Å²) < 4.78 is 0. The minimum absolute atomic E-state index is 0.508. The summed E-state index contributed by atoms with van der Waals surface area (Å²) in [6.07, 6.45) is 3.79. The molecule has 1 aromatic heterocycles. The first kappa shape index (κ1) is 13.0. The Bertz CT molecular complexity index is 229. The summed E-state index contributed by atoms with van der Waals surface area (Å²) in [4.78, 5) is 8.43. The predicted molar refractivity (Wildman–Crippen MR) is 60.2 cm³/mol.